The summed E-state index contributed by atoms with van der Waals surface area (Å²) in [6.45, 7) is 3.62. The van der Waals surface area contributed by atoms with Crippen LogP contribution in [0.15, 0.2) is 22.8 Å². The van der Waals surface area contributed by atoms with Crippen molar-refractivity contribution in [3.63, 3.8) is 0 Å². The van der Waals surface area contributed by atoms with Crippen molar-refractivity contribution in [2.75, 3.05) is 23.7 Å². The summed E-state index contributed by atoms with van der Waals surface area (Å²) < 4.78 is 1.69. The minimum Gasteiger partial charge on any atom is -0.369 e. The topological polar surface area (TPSA) is 49.8 Å². The molecular formula is C12H14BrClN4S. The fourth-order valence-corrected chi connectivity index (χ4v) is 2.94. The Kier molecular flexibility index (Phi) is 5.42. The van der Waals surface area contributed by atoms with Crippen LogP contribution >= 0.6 is 38.9 Å². The van der Waals surface area contributed by atoms with E-state index in [9.17, 15) is 0 Å². The largest absolute Gasteiger partial charge is 0.369 e. The van der Waals surface area contributed by atoms with Crippen LogP contribution in [0.25, 0.3) is 0 Å². The molecule has 0 radical (unpaired) electrons. The molecule has 0 bridgehead atoms. The number of halogens is 2. The molecule has 2 aromatic heterocycles. The highest BCUT2D eigenvalue weighted by Gasteiger charge is 2.04. The van der Waals surface area contributed by atoms with Gasteiger partial charge >= 0.3 is 0 Å². The molecule has 102 valence electrons. The summed E-state index contributed by atoms with van der Waals surface area (Å²) in [5, 5.41) is 6.38. The van der Waals surface area contributed by atoms with Crippen molar-refractivity contribution in [2.45, 2.75) is 13.3 Å². The van der Waals surface area contributed by atoms with Crippen molar-refractivity contribution >= 4 is 50.6 Å². The maximum absolute atomic E-state index is 5.90. The predicted octanol–water partition coefficient (Wildman–Crippen LogP) is 4.04. The van der Waals surface area contributed by atoms with Crippen LogP contribution in [-0.2, 0) is 6.42 Å². The van der Waals surface area contributed by atoms with Crippen LogP contribution in [0.1, 0.15) is 11.8 Å². The first-order valence-electron chi connectivity index (χ1n) is 5.93. The van der Waals surface area contributed by atoms with Crippen LogP contribution in [0, 0.1) is 0 Å². The second-order valence-corrected chi connectivity index (χ2v) is 6.46. The summed E-state index contributed by atoms with van der Waals surface area (Å²) >= 11 is 10.9. The lowest BCUT2D eigenvalue weighted by atomic mass is 10.3. The Balaban J connectivity index is 1.93. The lowest BCUT2D eigenvalue weighted by Gasteiger charge is -2.08. The van der Waals surface area contributed by atoms with Crippen molar-refractivity contribution in [2.24, 2.45) is 0 Å². The lowest BCUT2D eigenvalue weighted by Crippen LogP contribution is -2.09. The van der Waals surface area contributed by atoms with E-state index in [1.165, 1.54) is 4.88 Å². The van der Waals surface area contributed by atoms with Gasteiger partial charge in [0, 0.05) is 24.2 Å². The molecule has 2 rings (SSSR count). The summed E-state index contributed by atoms with van der Waals surface area (Å²) in [6.07, 6.45) is 2.67. The standard InChI is InChI=1S/C12H14BrClN4S/c1-2-15-12-17-7-9(13)11(18-12)16-6-5-8-3-4-10(14)19-8/h3-4,7H,2,5-6H2,1H3,(H2,15,16,17,18). The molecule has 19 heavy (non-hydrogen) atoms. The minimum absolute atomic E-state index is 0.632. The number of hydrogen-bond acceptors (Lipinski definition) is 5. The van der Waals surface area contributed by atoms with Crippen LogP contribution in [-0.4, -0.2) is 23.1 Å². The highest BCUT2D eigenvalue weighted by Crippen LogP contribution is 2.23. The fraction of sp³-hybridized carbons (Fsp3) is 0.333. The Morgan fingerprint density at radius 1 is 1.37 bits per heavy atom. The zero-order valence-corrected chi connectivity index (χ0v) is 13.6. The summed E-state index contributed by atoms with van der Waals surface area (Å²) in [4.78, 5) is 9.83. The van der Waals surface area contributed by atoms with Gasteiger partial charge in [0.2, 0.25) is 5.95 Å². The summed E-state index contributed by atoms with van der Waals surface area (Å²) in [6, 6.07) is 3.97. The van der Waals surface area contributed by atoms with Crippen molar-refractivity contribution in [3.8, 4) is 0 Å². The van der Waals surface area contributed by atoms with Crippen molar-refractivity contribution in [1.29, 1.82) is 0 Å². The van der Waals surface area contributed by atoms with E-state index in [4.69, 9.17) is 11.6 Å². The summed E-state index contributed by atoms with van der Waals surface area (Å²) in [5.74, 6) is 1.43. The number of nitrogens with one attached hydrogen (secondary N) is 2. The van der Waals surface area contributed by atoms with Gasteiger partial charge in [-0.1, -0.05) is 11.6 Å². The van der Waals surface area contributed by atoms with Crippen molar-refractivity contribution < 1.29 is 0 Å². The van der Waals surface area contributed by atoms with E-state index in [0.717, 1.165) is 34.1 Å². The smallest absolute Gasteiger partial charge is 0.224 e. The molecule has 0 aliphatic heterocycles. The molecule has 0 saturated heterocycles. The minimum atomic E-state index is 0.632. The summed E-state index contributed by atoms with van der Waals surface area (Å²) in [7, 11) is 0. The molecule has 2 aromatic rings. The van der Waals surface area contributed by atoms with E-state index in [-0.39, 0.29) is 0 Å². The third-order valence-electron chi connectivity index (χ3n) is 2.37. The van der Waals surface area contributed by atoms with Gasteiger partial charge in [-0.25, -0.2) is 4.98 Å². The first kappa shape index (κ1) is 14.6. The fourth-order valence-electron chi connectivity index (χ4n) is 1.52. The quantitative estimate of drug-likeness (QED) is 0.815. The zero-order chi connectivity index (χ0) is 13.7. The van der Waals surface area contributed by atoms with Crippen LogP contribution in [0.5, 0.6) is 0 Å². The molecule has 2 N–H and O–H groups in total. The van der Waals surface area contributed by atoms with Crippen molar-refractivity contribution in [1.82, 2.24) is 9.97 Å². The van der Waals surface area contributed by atoms with Gasteiger partial charge in [-0.2, -0.15) is 4.98 Å². The number of aromatic nitrogens is 2. The molecule has 0 fully saturated rings. The first-order chi connectivity index (χ1) is 9.19. The normalized spacial score (nSPS) is 10.5. The van der Waals surface area contributed by atoms with Crippen LogP contribution in [0.4, 0.5) is 11.8 Å². The van der Waals surface area contributed by atoms with Crippen molar-refractivity contribution in [3.05, 3.63) is 32.0 Å². The second kappa shape index (κ2) is 7.07. The average molecular weight is 362 g/mol. The second-order valence-electron chi connectivity index (χ2n) is 3.80. The van der Waals surface area contributed by atoms with E-state index in [2.05, 4.69) is 36.5 Å². The number of rotatable bonds is 6. The van der Waals surface area contributed by atoms with Gasteiger partial charge < -0.3 is 10.6 Å². The Hall–Kier alpha value is -0.850. The Bertz CT molecular complexity index is 546. The maximum Gasteiger partial charge on any atom is 0.224 e. The summed E-state index contributed by atoms with van der Waals surface area (Å²) in [5.41, 5.74) is 0. The Morgan fingerprint density at radius 3 is 2.89 bits per heavy atom. The maximum atomic E-state index is 5.90. The van der Waals surface area contributed by atoms with E-state index in [1.807, 2.05) is 19.1 Å². The van der Waals surface area contributed by atoms with Gasteiger partial charge in [0.15, 0.2) is 0 Å². The lowest BCUT2D eigenvalue weighted by molar-refractivity contribution is 1.01. The molecule has 0 spiro atoms. The Morgan fingerprint density at radius 2 is 2.21 bits per heavy atom. The molecular weight excluding hydrogens is 348 g/mol. The highest BCUT2D eigenvalue weighted by molar-refractivity contribution is 9.10. The number of anilines is 2. The molecule has 0 aliphatic carbocycles. The predicted molar refractivity (Wildman–Crippen MR) is 85.4 cm³/mol. The Labute approximate surface area is 129 Å². The van der Waals surface area contributed by atoms with E-state index >= 15 is 0 Å². The monoisotopic (exact) mass is 360 g/mol. The molecule has 0 aromatic carbocycles. The third-order valence-corrected chi connectivity index (χ3v) is 4.24. The molecule has 2 heterocycles. The van der Waals surface area contributed by atoms with Gasteiger partial charge in [0.1, 0.15) is 5.82 Å². The van der Waals surface area contributed by atoms with E-state index in [0.29, 0.717) is 5.95 Å². The molecule has 7 heteroatoms. The van der Waals surface area contributed by atoms with Gasteiger partial charge in [-0.3, -0.25) is 0 Å². The van der Waals surface area contributed by atoms with Gasteiger partial charge in [-0.05, 0) is 41.4 Å². The zero-order valence-electron chi connectivity index (χ0n) is 10.4. The molecule has 0 saturated carbocycles. The average Bonchev–Trinajstić information content (AvgIpc) is 2.79. The van der Waals surface area contributed by atoms with Gasteiger partial charge in [-0.15, -0.1) is 11.3 Å². The van der Waals surface area contributed by atoms with Gasteiger partial charge in [0.25, 0.3) is 0 Å². The molecule has 0 amide bonds. The third kappa shape index (κ3) is 4.33. The van der Waals surface area contributed by atoms with E-state index < -0.39 is 0 Å². The SMILES string of the molecule is CCNc1ncc(Br)c(NCCc2ccc(Cl)s2)n1. The molecule has 4 nitrogen and oxygen atoms in total. The molecule has 0 atom stereocenters. The van der Waals surface area contributed by atoms with Crippen LogP contribution < -0.4 is 10.6 Å². The number of hydrogen-bond donors (Lipinski definition) is 2. The highest BCUT2D eigenvalue weighted by atomic mass is 79.9. The van der Waals surface area contributed by atoms with Gasteiger partial charge in [0.05, 0.1) is 8.81 Å². The first-order valence-corrected chi connectivity index (χ1v) is 7.92. The van der Waals surface area contributed by atoms with Crippen LogP contribution in [0.3, 0.4) is 0 Å². The number of nitrogens with zero attached hydrogens (tertiary/aromatic N) is 2. The molecule has 0 unspecified atom stereocenters. The molecule has 0 aliphatic rings. The van der Waals surface area contributed by atoms with E-state index in [1.54, 1.807) is 17.5 Å². The number of thiophene rings is 1. The van der Waals surface area contributed by atoms with Crippen LogP contribution in [0.2, 0.25) is 4.34 Å².